The van der Waals surface area contributed by atoms with Gasteiger partial charge in [0.25, 0.3) is 0 Å². The van der Waals surface area contributed by atoms with Crippen molar-refractivity contribution in [2.75, 3.05) is 13.2 Å². The molecule has 1 aromatic carbocycles. The lowest BCUT2D eigenvalue weighted by atomic mass is 9.83. The van der Waals surface area contributed by atoms with Crippen molar-refractivity contribution in [2.24, 2.45) is 0 Å². The molecule has 0 radical (unpaired) electrons. The monoisotopic (exact) mass is 324 g/mol. The predicted octanol–water partition coefficient (Wildman–Crippen LogP) is 4.49. The van der Waals surface area contributed by atoms with Gasteiger partial charge in [-0.25, -0.2) is 0 Å². The summed E-state index contributed by atoms with van der Waals surface area (Å²) in [6.45, 7) is 5.92. The van der Waals surface area contributed by atoms with Crippen LogP contribution in [0.2, 0.25) is 0 Å². The Hall–Kier alpha value is -1.83. The van der Waals surface area contributed by atoms with Gasteiger partial charge in [-0.2, -0.15) is 5.26 Å². The third kappa shape index (κ3) is 2.53. The smallest absolute Gasteiger partial charge is 0.168 e. The third-order valence-electron chi connectivity index (χ3n) is 5.49. The number of nitriles is 1. The largest absolute Gasteiger partial charge is 0.348 e. The zero-order chi connectivity index (χ0) is 16.7. The lowest BCUT2D eigenvalue weighted by molar-refractivity contribution is -0.179. The zero-order valence-corrected chi connectivity index (χ0v) is 14.4. The van der Waals surface area contributed by atoms with Crippen LogP contribution < -0.4 is 0 Å². The summed E-state index contributed by atoms with van der Waals surface area (Å²) in [4.78, 5) is 0. The van der Waals surface area contributed by atoms with Crippen LogP contribution in [0.3, 0.4) is 0 Å². The molecule has 1 saturated heterocycles. The van der Waals surface area contributed by atoms with E-state index in [1.165, 1.54) is 16.6 Å². The molecule has 0 amide bonds. The van der Waals surface area contributed by atoms with E-state index < -0.39 is 0 Å². The summed E-state index contributed by atoms with van der Waals surface area (Å²) in [5.41, 5.74) is 3.35. The van der Waals surface area contributed by atoms with Crippen LogP contribution in [0.15, 0.2) is 24.3 Å². The van der Waals surface area contributed by atoms with Gasteiger partial charge < -0.3 is 14.0 Å². The van der Waals surface area contributed by atoms with Crippen LogP contribution in [0.5, 0.6) is 0 Å². The van der Waals surface area contributed by atoms with Gasteiger partial charge in [-0.15, -0.1) is 0 Å². The summed E-state index contributed by atoms with van der Waals surface area (Å²) in [6.07, 6.45) is 4.13. The molecule has 24 heavy (non-hydrogen) atoms. The van der Waals surface area contributed by atoms with E-state index in [-0.39, 0.29) is 5.79 Å². The molecule has 1 aliphatic heterocycles. The topological polar surface area (TPSA) is 47.2 Å². The fourth-order valence-electron chi connectivity index (χ4n) is 4.36. The highest BCUT2D eigenvalue weighted by Crippen LogP contribution is 2.44. The van der Waals surface area contributed by atoms with Crippen molar-refractivity contribution in [3.63, 3.8) is 0 Å². The fourth-order valence-corrected chi connectivity index (χ4v) is 4.36. The van der Waals surface area contributed by atoms with Crippen molar-refractivity contribution in [3.8, 4) is 6.07 Å². The van der Waals surface area contributed by atoms with Crippen LogP contribution in [-0.4, -0.2) is 23.6 Å². The van der Waals surface area contributed by atoms with Gasteiger partial charge in [-0.1, -0.05) is 0 Å². The molecule has 4 rings (SSSR count). The van der Waals surface area contributed by atoms with Gasteiger partial charge in [0, 0.05) is 35.5 Å². The molecule has 0 bridgehead atoms. The Labute approximate surface area is 143 Å². The Kier molecular flexibility index (Phi) is 3.86. The summed E-state index contributed by atoms with van der Waals surface area (Å²) in [5, 5.41) is 10.3. The van der Waals surface area contributed by atoms with Gasteiger partial charge in [-0.3, -0.25) is 0 Å². The second-order valence-electron chi connectivity index (χ2n) is 7.30. The average molecular weight is 324 g/mol. The van der Waals surface area contributed by atoms with E-state index in [4.69, 9.17) is 14.7 Å². The number of rotatable bonds is 2. The molecule has 126 valence electrons. The Morgan fingerprint density at radius 1 is 1.17 bits per heavy atom. The molecule has 1 aliphatic carbocycles. The number of fused-ring (bicyclic) bond motifs is 1. The Morgan fingerprint density at radius 2 is 1.88 bits per heavy atom. The van der Waals surface area contributed by atoms with E-state index in [1.807, 2.05) is 12.1 Å². The molecule has 4 nitrogen and oxygen atoms in total. The molecular formula is C20H24N2O2. The molecule has 1 saturated carbocycles. The molecule has 1 spiro atoms. The van der Waals surface area contributed by atoms with E-state index in [2.05, 4.69) is 36.6 Å². The van der Waals surface area contributed by atoms with Crippen molar-refractivity contribution in [1.29, 1.82) is 5.26 Å². The van der Waals surface area contributed by atoms with E-state index in [9.17, 15) is 0 Å². The highest BCUT2D eigenvalue weighted by atomic mass is 16.7. The van der Waals surface area contributed by atoms with Crippen LogP contribution in [-0.2, 0) is 9.47 Å². The minimum absolute atomic E-state index is 0.306. The maximum absolute atomic E-state index is 9.16. The van der Waals surface area contributed by atoms with E-state index in [1.54, 1.807) is 0 Å². The summed E-state index contributed by atoms with van der Waals surface area (Å²) in [7, 11) is 0. The number of nitrogens with zero attached hydrogens (tertiary/aromatic N) is 2. The van der Waals surface area contributed by atoms with Gasteiger partial charge in [0.2, 0.25) is 0 Å². The van der Waals surface area contributed by atoms with Crippen LogP contribution in [0, 0.1) is 11.3 Å². The maximum atomic E-state index is 9.16. The van der Waals surface area contributed by atoms with Crippen molar-refractivity contribution < 1.29 is 9.47 Å². The first-order valence-electron chi connectivity index (χ1n) is 8.95. The van der Waals surface area contributed by atoms with E-state index in [0.717, 1.165) is 44.5 Å². The van der Waals surface area contributed by atoms with Gasteiger partial charge in [-0.05, 0) is 56.9 Å². The first kappa shape index (κ1) is 15.7. The second-order valence-corrected chi connectivity index (χ2v) is 7.30. The van der Waals surface area contributed by atoms with Gasteiger partial charge in [0.15, 0.2) is 5.79 Å². The van der Waals surface area contributed by atoms with E-state index in [0.29, 0.717) is 12.0 Å². The first-order valence-corrected chi connectivity index (χ1v) is 8.95. The SMILES string of the molecule is CC(C)n1c(C2CCC3(CC2)OCCO3)cc2cc(C#N)ccc21. The number of aromatic nitrogens is 1. The zero-order valence-electron chi connectivity index (χ0n) is 14.4. The van der Waals surface area contributed by atoms with Crippen LogP contribution >= 0.6 is 0 Å². The minimum Gasteiger partial charge on any atom is -0.348 e. The summed E-state index contributed by atoms with van der Waals surface area (Å²) < 4.78 is 14.2. The molecule has 0 N–H and O–H groups in total. The number of benzene rings is 1. The quantitative estimate of drug-likeness (QED) is 0.817. The number of ether oxygens (including phenoxy) is 2. The number of hydrogen-bond donors (Lipinski definition) is 0. The molecule has 4 heteroatoms. The first-order chi connectivity index (χ1) is 11.6. The Bertz CT molecular complexity index is 784. The molecule has 0 unspecified atom stereocenters. The average Bonchev–Trinajstić information content (AvgIpc) is 3.19. The molecule has 2 heterocycles. The molecule has 0 atom stereocenters. The standard InChI is InChI=1S/C20H24N2O2/c1-14(2)22-18-4-3-15(13-21)11-17(18)12-19(22)16-5-7-20(8-6-16)23-9-10-24-20/h3-4,11-12,14,16H,5-10H2,1-2H3. The molecule has 2 aromatic rings. The maximum Gasteiger partial charge on any atom is 0.168 e. The molecule has 1 aromatic heterocycles. The van der Waals surface area contributed by atoms with Crippen molar-refractivity contribution >= 4 is 10.9 Å². The molecule has 2 aliphatic rings. The predicted molar refractivity (Wildman–Crippen MR) is 92.9 cm³/mol. The van der Waals surface area contributed by atoms with Crippen LogP contribution in [0.4, 0.5) is 0 Å². The Balaban J connectivity index is 1.68. The molecular weight excluding hydrogens is 300 g/mol. The summed E-state index contributed by atoms with van der Waals surface area (Å²) >= 11 is 0. The Morgan fingerprint density at radius 3 is 2.50 bits per heavy atom. The lowest BCUT2D eigenvalue weighted by Gasteiger charge is -2.36. The number of hydrogen-bond acceptors (Lipinski definition) is 3. The molecule has 2 fully saturated rings. The van der Waals surface area contributed by atoms with Crippen molar-refractivity contribution in [3.05, 3.63) is 35.5 Å². The van der Waals surface area contributed by atoms with Crippen LogP contribution in [0.1, 0.15) is 62.7 Å². The summed E-state index contributed by atoms with van der Waals surface area (Å²) in [6, 6.07) is 10.9. The minimum atomic E-state index is -0.306. The highest BCUT2D eigenvalue weighted by molar-refractivity contribution is 5.83. The van der Waals surface area contributed by atoms with Crippen molar-refractivity contribution in [1.82, 2.24) is 4.57 Å². The van der Waals surface area contributed by atoms with Gasteiger partial charge in [0.05, 0.1) is 24.8 Å². The van der Waals surface area contributed by atoms with Crippen LogP contribution in [0.25, 0.3) is 10.9 Å². The normalized spacial score (nSPS) is 20.9. The van der Waals surface area contributed by atoms with Gasteiger partial charge in [0.1, 0.15) is 0 Å². The van der Waals surface area contributed by atoms with Gasteiger partial charge >= 0.3 is 0 Å². The highest BCUT2D eigenvalue weighted by Gasteiger charge is 2.41. The third-order valence-corrected chi connectivity index (χ3v) is 5.49. The van der Waals surface area contributed by atoms with E-state index >= 15 is 0 Å². The fraction of sp³-hybridized carbons (Fsp3) is 0.550. The second kappa shape index (κ2) is 5.91. The van der Waals surface area contributed by atoms with Crippen molar-refractivity contribution in [2.45, 2.75) is 57.3 Å². The summed E-state index contributed by atoms with van der Waals surface area (Å²) in [5.74, 6) is 0.225. The lowest BCUT2D eigenvalue weighted by Crippen LogP contribution is -2.35.